The van der Waals surface area contributed by atoms with E-state index in [9.17, 15) is 0 Å². The molecule has 0 aromatic carbocycles. The van der Waals surface area contributed by atoms with Gasteiger partial charge >= 0.3 is 0 Å². The summed E-state index contributed by atoms with van der Waals surface area (Å²) >= 11 is 0. The minimum absolute atomic E-state index is 0.300. The van der Waals surface area contributed by atoms with E-state index < -0.39 is 0 Å². The van der Waals surface area contributed by atoms with Crippen LogP contribution in [0.15, 0.2) is 4.52 Å². The van der Waals surface area contributed by atoms with Gasteiger partial charge in [-0.2, -0.15) is 4.98 Å². The van der Waals surface area contributed by atoms with Crippen molar-refractivity contribution in [3.05, 3.63) is 11.7 Å². The predicted octanol–water partition coefficient (Wildman–Crippen LogP) is 2.01. The molecule has 1 aromatic heterocycles. The molecule has 1 aliphatic carbocycles. The quantitative estimate of drug-likeness (QED) is 0.806. The van der Waals surface area contributed by atoms with E-state index in [2.05, 4.69) is 22.4 Å². The second-order valence-corrected chi connectivity index (χ2v) is 4.81. The van der Waals surface area contributed by atoms with Gasteiger partial charge in [0.15, 0.2) is 5.82 Å². The summed E-state index contributed by atoms with van der Waals surface area (Å²) in [5, 5.41) is 7.50. The first-order chi connectivity index (χ1) is 7.34. The van der Waals surface area contributed by atoms with Crippen molar-refractivity contribution in [3.63, 3.8) is 0 Å². The van der Waals surface area contributed by atoms with E-state index in [4.69, 9.17) is 4.52 Å². The fraction of sp³-hybridized carbons (Fsp3) is 0.818. The number of piperidine rings is 1. The zero-order valence-electron chi connectivity index (χ0n) is 9.07. The molecule has 3 rings (SSSR count). The lowest BCUT2D eigenvalue weighted by molar-refractivity contribution is 0.296. The van der Waals surface area contributed by atoms with Gasteiger partial charge in [-0.1, -0.05) is 18.5 Å². The monoisotopic (exact) mass is 207 g/mol. The maximum Gasteiger partial charge on any atom is 0.243 e. The molecular formula is C11H17N3O. The van der Waals surface area contributed by atoms with Gasteiger partial charge in [-0.3, -0.25) is 0 Å². The molecule has 0 amide bonds. The van der Waals surface area contributed by atoms with E-state index in [0.717, 1.165) is 30.6 Å². The molecule has 1 aliphatic heterocycles. The second kappa shape index (κ2) is 3.59. The number of nitrogens with one attached hydrogen (secondary N) is 1. The van der Waals surface area contributed by atoms with Crippen LogP contribution in [0.3, 0.4) is 0 Å². The fourth-order valence-electron chi connectivity index (χ4n) is 2.28. The van der Waals surface area contributed by atoms with E-state index in [1.807, 2.05) is 0 Å². The molecule has 0 bridgehead atoms. The molecule has 1 saturated carbocycles. The van der Waals surface area contributed by atoms with Crippen LogP contribution in [0.1, 0.15) is 56.3 Å². The maximum absolute atomic E-state index is 5.33. The lowest BCUT2D eigenvalue weighted by atomic mass is 10.1. The van der Waals surface area contributed by atoms with Gasteiger partial charge in [-0.05, 0) is 31.7 Å². The van der Waals surface area contributed by atoms with Crippen molar-refractivity contribution < 1.29 is 4.52 Å². The molecule has 82 valence electrons. The van der Waals surface area contributed by atoms with Crippen molar-refractivity contribution in [2.45, 2.75) is 44.6 Å². The number of hydrogen-bond acceptors (Lipinski definition) is 4. The van der Waals surface area contributed by atoms with E-state index in [1.165, 1.54) is 19.3 Å². The Hall–Kier alpha value is -0.900. The second-order valence-electron chi connectivity index (χ2n) is 4.81. The van der Waals surface area contributed by atoms with Gasteiger partial charge in [0.05, 0.1) is 6.04 Å². The van der Waals surface area contributed by atoms with E-state index in [0.29, 0.717) is 12.0 Å². The molecule has 2 unspecified atom stereocenters. The third-order valence-electron chi connectivity index (χ3n) is 3.51. The summed E-state index contributed by atoms with van der Waals surface area (Å²) in [6.07, 6.45) is 4.87. The first-order valence-corrected chi connectivity index (χ1v) is 5.91. The van der Waals surface area contributed by atoms with Gasteiger partial charge in [-0.25, -0.2) is 0 Å². The smallest absolute Gasteiger partial charge is 0.243 e. The van der Waals surface area contributed by atoms with Crippen LogP contribution in [0.2, 0.25) is 0 Å². The molecule has 0 radical (unpaired) electrons. The fourth-order valence-corrected chi connectivity index (χ4v) is 2.28. The Bertz CT molecular complexity index is 343. The van der Waals surface area contributed by atoms with Crippen molar-refractivity contribution in [3.8, 4) is 0 Å². The zero-order valence-corrected chi connectivity index (χ0v) is 9.07. The molecule has 1 N–H and O–H groups in total. The third kappa shape index (κ3) is 1.78. The Morgan fingerprint density at radius 1 is 1.40 bits per heavy atom. The molecule has 0 spiro atoms. The summed E-state index contributed by atoms with van der Waals surface area (Å²) < 4.78 is 5.33. The number of nitrogens with zero attached hydrogens (tertiary/aromatic N) is 2. The van der Waals surface area contributed by atoms with Crippen LogP contribution in [0.5, 0.6) is 0 Å². The van der Waals surface area contributed by atoms with Crippen LogP contribution >= 0.6 is 0 Å². The van der Waals surface area contributed by atoms with Crippen molar-refractivity contribution in [1.82, 2.24) is 15.5 Å². The lowest BCUT2D eigenvalue weighted by Crippen LogP contribution is -2.26. The summed E-state index contributed by atoms with van der Waals surface area (Å²) in [4.78, 5) is 4.51. The van der Waals surface area contributed by atoms with Crippen LogP contribution in [0.25, 0.3) is 0 Å². The number of aromatic nitrogens is 2. The van der Waals surface area contributed by atoms with Crippen LogP contribution < -0.4 is 5.32 Å². The largest absolute Gasteiger partial charge is 0.338 e. The zero-order chi connectivity index (χ0) is 10.3. The highest BCUT2D eigenvalue weighted by Gasteiger charge is 2.38. The molecule has 2 aliphatic rings. The van der Waals surface area contributed by atoms with Crippen LogP contribution in [0.4, 0.5) is 0 Å². The van der Waals surface area contributed by atoms with Gasteiger partial charge in [0.1, 0.15) is 0 Å². The van der Waals surface area contributed by atoms with Crippen LogP contribution in [-0.4, -0.2) is 16.7 Å². The van der Waals surface area contributed by atoms with Gasteiger partial charge in [0.25, 0.3) is 0 Å². The summed E-state index contributed by atoms with van der Waals surface area (Å²) in [6.45, 7) is 3.31. The highest BCUT2D eigenvalue weighted by Crippen LogP contribution is 2.45. The Morgan fingerprint density at radius 2 is 2.27 bits per heavy atom. The van der Waals surface area contributed by atoms with Gasteiger partial charge in [0.2, 0.25) is 5.89 Å². The first-order valence-electron chi connectivity index (χ1n) is 5.91. The molecule has 15 heavy (non-hydrogen) atoms. The number of hydrogen-bond donors (Lipinski definition) is 1. The van der Waals surface area contributed by atoms with E-state index in [1.54, 1.807) is 0 Å². The van der Waals surface area contributed by atoms with Gasteiger partial charge in [0, 0.05) is 5.92 Å². The summed E-state index contributed by atoms with van der Waals surface area (Å²) in [5.41, 5.74) is 0. The van der Waals surface area contributed by atoms with Crippen molar-refractivity contribution in [2.24, 2.45) is 5.92 Å². The Balaban J connectivity index is 1.72. The normalized spacial score (nSPS) is 35.4. The first kappa shape index (κ1) is 9.33. The van der Waals surface area contributed by atoms with Crippen molar-refractivity contribution in [2.75, 3.05) is 6.54 Å². The average Bonchev–Trinajstić information content (AvgIpc) is 2.83. The molecule has 3 atom stereocenters. The molecule has 1 saturated heterocycles. The molecule has 2 heterocycles. The van der Waals surface area contributed by atoms with Crippen LogP contribution in [-0.2, 0) is 0 Å². The SMILES string of the molecule is CC1CC1c1noc([C@H]2CCCCN2)n1. The van der Waals surface area contributed by atoms with Crippen molar-refractivity contribution >= 4 is 0 Å². The average molecular weight is 207 g/mol. The Morgan fingerprint density at radius 3 is 2.93 bits per heavy atom. The highest BCUT2D eigenvalue weighted by atomic mass is 16.5. The summed E-state index contributed by atoms with van der Waals surface area (Å²) in [7, 11) is 0. The van der Waals surface area contributed by atoms with Gasteiger partial charge < -0.3 is 9.84 Å². The van der Waals surface area contributed by atoms with E-state index >= 15 is 0 Å². The minimum atomic E-state index is 0.300. The lowest BCUT2D eigenvalue weighted by Gasteiger charge is -2.19. The summed E-state index contributed by atoms with van der Waals surface area (Å²) in [5.74, 6) is 3.02. The Labute approximate surface area is 89.4 Å². The van der Waals surface area contributed by atoms with E-state index in [-0.39, 0.29) is 0 Å². The van der Waals surface area contributed by atoms with Gasteiger partial charge in [-0.15, -0.1) is 0 Å². The number of rotatable bonds is 2. The molecule has 1 aromatic rings. The molecule has 2 fully saturated rings. The molecule has 4 nitrogen and oxygen atoms in total. The highest BCUT2D eigenvalue weighted by molar-refractivity contribution is 5.08. The maximum atomic E-state index is 5.33. The van der Waals surface area contributed by atoms with Crippen molar-refractivity contribution in [1.29, 1.82) is 0 Å². The minimum Gasteiger partial charge on any atom is -0.338 e. The molecular weight excluding hydrogens is 190 g/mol. The molecule has 4 heteroatoms. The Kier molecular flexibility index (Phi) is 2.24. The topological polar surface area (TPSA) is 51.0 Å². The summed E-state index contributed by atoms with van der Waals surface area (Å²) in [6, 6.07) is 0.300. The predicted molar refractivity (Wildman–Crippen MR) is 55.4 cm³/mol. The third-order valence-corrected chi connectivity index (χ3v) is 3.51. The van der Waals surface area contributed by atoms with Crippen LogP contribution in [0, 0.1) is 5.92 Å². The standard InChI is InChI=1S/C11H17N3O/c1-7-6-8(7)10-13-11(15-14-10)9-4-2-3-5-12-9/h7-9,12H,2-6H2,1H3/t7?,8?,9-/m1/s1.